The fraction of sp³-hybridized carbons (Fsp3) is 0.0909. The number of anilines is 3. The Kier molecular flexibility index (Phi) is 5.44. The first kappa shape index (κ1) is 20.3. The zero-order valence-corrected chi connectivity index (χ0v) is 18.8. The number of nitrogens with one attached hydrogen (secondary N) is 2. The van der Waals surface area contributed by atoms with Gasteiger partial charge in [0.2, 0.25) is 0 Å². The number of benzene rings is 3. The Bertz CT molecular complexity index is 1340. The van der Waals surface area contributed by atoms with Crippen molar-refractivity contribution in [3.8, 4) is 0 Å². The van der Waals surface area contributed by atoms with Crippen molar-refractivity contribution < 1.29 is 8.42 Å². The smallest absolute Gasteiger partial charge is 0.263 e. The number of aryl methyl sites for hydroxylation is 2. The van der Waals surface area contributed by atoms with Gasteiger partial charge in [-0.25, -0.2) is 18.4 Å². The lowest BCUT2D eigenvalue weighted by molar-refractivity contribution is 0.600. The molecule has 4 aromatic rings. The van der Waals surface area contributed by atoms with E-state index in [2.05, 4.69) is 35.9 Å². The molecular weight excluding hydrogens is 464 g/mol. The van der Waals surface area contributed by atoms with Crippen LogP contribution in [0.5, 0.6) is 0 Å². The van der Waals surface area contributed by atoms with Crippen LogP contribution < -0.4 is 10.0 Å². The number of nitrogens with zero attached hydrogens (tertiary/aromatic N) is 2. The maximum atomic E-state index is 13.1. The van der Waals surface area contributed by atoms with Crippen molar-refractivity contribution >= 4 is 54.3 Å². The van der Waals surface area contributed by atoms with E-state index in [1.54, 1.807) is 25.1 Å². The first-order valence-electron chi connectivity index (χ1n) is 9.21. The summed E-state index contributed by atoms with van der Waals surface area (Å²) in [4.78, 5) is 9.34. The molecule has 0 atom stereocenters. The van der Waals surface area contributed by atoms with E-state index in [1.807, 2.05) is 55.5 Å². The van der Waals surface area contributed by atoms with Crippen molar-refractivity contribution in [2.75, 3.05) is 10.0 Å². The molecule has 3 aromatic carbocycles. The average Bonchev–Trinajstić information content (AvgIpc) is 2.71. The Morgan fingerprint density at radius 2 is 1.47 bits per heavy atom. The predicted octanol–water partition coefficient (Wildman–Crippen LogP) is 5.55. The van der Waals surface area contributed by atoms with Crippen LogP contribution >= 0.6 is 15.9 Å². The standard InChI is InChI=1S/C22H19BrN4O2S/c1-14-7-8-15(2)20(13-14)30(28,29)27-22-21(24-17-11-9-16(23)10-12-17)25-18-5-3-4-6-19(18)26-22/h3-13H,1-2H3,(H,24,25)(H,26,27). The summed E-state index contributed by atoms with van der Waals surface area (Å²) in [6.45, 7) is 3.62. The number of sulfonamides is 1. The summed E-state index contributed by atoms with van der Waals surface area (Å²) < 4.78 is 29.9. The maximum absolute atomic E-state index is 13.1. The van der Waals surface area contributed by atoms with Crippen molar-refractivity contribution in [3.63, 3.8) is 0 Å². The van der Waals surface area contributed by atoms with E-state index in [4.69, 9.17) is 0 Å². The van der Waals surface area contributed by atoms with Crippen molar-refractivity contribution in [1.29, 1.82) is 0 Å². The summed E-state index contributed by atoms with van der Waals surface area (Å²) in [6, 6.07) is 20.1. The van der Waals surface area contributed by atoms with Gasteiger partial charge in [-0.15, -0.1) is 0 Å². The lowest BCUT2D eigenvalue weighted by atomic mass is 10.2. The van der Waals surface area contributed by atoms with Crippen LogP contribution in [0, 0.1) is 13.8 Å². The normalized spacial score (nSPS) is 11.4. The molecule has 8 heteroatoms. The van der Waals surface area contributed by atoms with Gasteiger partial charge in [0.05, 0.1) is 15.9 Å². The minimum absolute atomic E-state index is 0.137. The van der Waals surface area contributed by atoms with Crippen LogP contribution in [0.1, 0.15) is 11.1 Å². The second kappa shape index (κ2) is 8.04. The second-order valence-electron chi connectivity index (χ2n) is 6.92. The van der Waals surface area contributed by atoms with Gasteiger partial charge in [0.25, 0.3) is 10.0 Å². The molecule has 0 bridgehead atoms. The van der Waals surface area contributed by atoms with Gasteiger partial charge in [-0.1, -0.05) is 40.2 Å². The lowest BCUT2D eigenvalue weighted by Gasteiger charge is -2.15. The Hall–Kier alpha value is -2.97. The third kappa shape index (κ3) is 4.29. The fourth-order valence-electron chi connectivity index (χ4n) is 3.01. The highest BCUT2D eigenvalue weighted by atomic mass is 79.9. The van der Waals surface area contributed by atoms with Gasteiger partial charge in [-0.3, -0.25) is 4.72 Å². The highest BCUT2D eigenvalue weighted by Gasteiger charge is 2.21. The molecule has 6 nitrogen and oxygen atoms in total. The largest absolute Gasteiger partial charge is 0.337 e. The van der Waals surface area contributed by atoms with Crippen LogP contribution in [0.2, 0.25) is 0 Å². The molecule has 0 aliphatic carbocycles. The highest BCUT2D eigenvalue weighted by molar-refractivity contribution is 9.10. The number of hydrogen-bond acceptors (Lipinski definition) is 5. The SMILES string of the molecule is Cc1ccc(C)c(S(=O)(=O)Nc2nc3ccccc3nc2Nc2ccc(Br)cc2)c1. The molecule has 0 spiro atoms. The number of hydrogen-bond donors (Lipinski definition) is 2. The molecule has 1 aromatic heterocycles. The van der Waals surface area contributed by atoms with Gasteiger partial charge in [0.1, 0.15) is 0 Å². The number of halogens is 1. The molecular formula is C22H19BrN4O2S. The van der Waals surface area contributed by atoms with Crippen LogP contribution in [0.25, 0.3) is 11.0 Å². The van der Waals surface area contributed by atoms with Crippen LogP contribution in [0.4, 0.5) is 17.3 Å². The van der Waals surface area contributed by atoms with E-state index in [0.29, 0.717) is 22.4 Å². The Morgan fingerprint density at radius 3 is 2.13 bits per heavy atom. The number of para-hydroxylation sites is 2. The minimum atomic E-state index is -3.86. The molecule has 0 radical (unpaired) electrons. The third-order valence-electron chi connectivity index (χ3n) is 4.54. The summed E-state index contributed by atoms with van der Waals surface area (Å²) in [5, 5.41) is 3.17. The molecule has 2 N–H and O–H groups in total. The molecule has 0 saturated carbocycles. The van der Waals surface area contributed by atoms with Crippen LogP contribution in [-0.4, -0.2) is 18.4 Å². The lowest BCUT2D eigenvalue weighted by Crippen LogP contribution is -2.17. The fourth-order valence-corrected chi connectivity index (χ4v) is 4.61. The first-order valence-corrected chi connectivity index (χ1v) is 11.5. The van der Waals surface area contributed by atoms with E-state index < -0.39 is 10.0 Å². The molecule has 0 aliphatic heterocycles. The molecule has 0 unspecified atom stereocenters. The van der Waals surface area contributed by atoms with Crippen LogP contribution in [-0.2, 0) is 10.0 Å². The zero-order chi connectivity index (χ0) is 21.3. The molecule has 30 heavy (non-hydrogen) atoms. The van der Waals surface area contributed by atoms with E-state index in [1.165, 1.54) is 0 Å². The molecule has 1 heterocycles. The quantitative estimate of drug-likeness (QED) is 0.389. The first-order chi connectivity index (χ1) is 14.3. The van der Waals surface area contributed by atoms with Gasteiger partial charge in [-0.2, -0.15) is 0 Å². The van der Waals surface area contributed by atoms with E-state index in [0.717, 1.165) is 15.7 Å². The van der Waals surface area contributed by atoms with Crippen molar-refractivity contribution in [2.45, 2.75) is 18.7 Å². The monoisotopic (exact) mass is 482 g/mol. The van der Waals surface area contributed by atoms with Gasteiger partial charge >= 0.3 is 0 Å². The summed E-state index contributed by atoms with van der Waals surface area (Å²) >= 11 is 3.41. The molecule has 0 amide bonds. The summed E-state index contributed by atoms with van der Waals surface area (Å²) in [5.41, 5.74) is 3.53. The number of rotatable bonds is 5. The van der Waals surface area contributed by atoms with E-state index in [-0.39, 0.29) is 10.7 Å². The number of aromatic nitrogens is 2. The predicted molar refractivity (Wildman–Crippen MR) is 124 cm³/mol. The molecule has 0 fully saturated rings. The molecule has 4 rings (SSSR count). The van der Waals surface area contributed by atoms with Crippen molar-refractivity contribution in [3.05, 3.63) is 82.3 Å². The number of fused-ring (bicyclic) bond motifs is 1. The molecule has 0 saturated heterocycles. The molecule has 152 valence electrons. The van der Waals surface area contributed by atoms with Crippen molar-refractivity contribution in [1.82, 2.24) is 9.97 Å². The van der Waals surface area contributed by atoms with Gasteiger partial charge in [0, 0.05) is 10.2 Å². The topological polar surface area (TPSA) is 84.0 Å². The maximum Gasteiger partial charge on any atom is 0.263 e. The summed E-state index contributed by atoms with van der Waals surface area (Å²) in [6.07, 6.45) is 0. The Morgan fingerprint density at radius 1 is 0.833 bits per heavy atom. The minimum Gasteiger partial charge on any atom is -0.337 e. The third-order valence-corrected chi connectivity index (χ3v) is 6.55. The Labute approximate surface area is 183 Å². The van der Waals surface area contributed by atoms with E-state index in [9.17, 15) is 8.42 Å². The van der Waals surface area contributed by atoms with E-state index >= 15 is 0 Å². The second-order valence-corrected chi connectivity index (χ2v) is 9.48. The van der Waals surface area contributed by atoms with Gasteiger partial charge < -0.3 is 5.32 Å². The summed E-state index contributed by atoms with van der Waals surface area (Å²) in [5.74, 6) is 0.461. The van der Waals surface area contributed by atoms with Crippen molar-refractivity contribution in [2.24, 2.45) is 0 Å². The van der Waals surface area contributed by atoms with Crippen LogP contribution in [0.15, 0.2) is 76.1 Å². The highest BCUT2D eigenvalue weighted by Crippen LogP contribution is 2.28. The summed E-state index contributed by atoms with van der Waals surface area (Å²) in [7, 11) is -3.86. The van der Waals surface area contributed by atoms with Gasteiger partial charge in [-0.05, 0) is 67.4 Å². The molecule has 0 aliphatic rings. The van der Waals surface area contributed by atoms with Gasteiger partial charge in [0.15, 0.2) is 11.6 Å². The Balaban J connectivity index is 1.80. The zero-order valence-electron chi connectivity index (χ0n) is 16.3. The van der Waals surface area contributed by atoms with Crippen LogP contribution in [0.3, 0.4) is 0 Å². The average molecular weight is 483 g/mol.